The minimum Gasteiger partial charge on any atom is -0.459 e. The fraction of sp³-hybridized carbons (Fsp3) is 0.412. The van der Waals surface area contributed by atoms with Crippen molar-refractivity contribution in [2.75, 3.05) is 0 Å². The molecule has 3 aromatic rings. The van der Waals surface area contributed by atoms with Crippen LogP contribution in [-0.2, 0) is 6.54 Å². The molecule has 2 aromatic heterocycles. The Bertz CT molecular complexity index is 801. The third-order valence-corrected chi connectivity index (χ3v) is 4.24. The van der Waals surface area contributed by atoms with Crippen molar-refractivity contribution in [3.05, 3.63) is 47.4 Å². The number of rotatable bonds is 5. The summed E-state index contributed by atoms with van der Waals surface area (Å²) in [5.41, 5.74) is 2.11. The summed E-state index contributed by atoms with van der Waals surface area (Å²) in [5.74, 6) is 2.88. The van der Waals surface area contributed by atoms with Crippen LogP contribution >= 0.6 is 0 Å². The van der Waals surface area contributed by atoms with E-state index < -0.39 is 0 Å². The third kappa shape index (κ3) is 2.41. The second kappa shape index (κ2) is 5.25. The zero-order valence-corrected chi connectivity index (χ0v) is 12.8. The van der Waals surface area contributed by atoms with Gasteiger partial charge in [0.2, 0.25) is 11.8 Å². The van der Waals surface area contributed by atoms with Crippen LogP contribution < -0.4 is 5.32 Å². The summed E-state index contributed by atoms with van der Waals surface area (Å²) in [6.45, 7) is 4.73. The summed E-state index contributed by atoms with van der Waals surface area (Å²) >= 11 is 0. The molecule has 1 aliphatic rings. The number of hydrogen-bond donors (Lipinski definition) is 1. The lowest BCUT2D eigenvalue weighted by Gasteiger charge is -2.10. The molecule has 1 fully saturated rings. The predicted molar refractivity (Wildman–Crippen MR) is 82.5 cm³/mol. The number of hydrogen-bond acceptors (Lipinski definition) is 5. The summed E-state index contributed by atoms with van der Waals surface area (Å²) in [6, 6.07) is 8.20. The van der Waals surface area contributed by atoms with E-state index in [2.05, 4.69) is 35.4 Å². The van der Waals surface area contributed by atoms with E-state index >= 15 is 0 Å². The fourth-order valence-electron chi connectivity index (χ4n) is 2.77. The van der Waals surface area contributed by atoms with E-state index in [9.17, 15) is 0 Å². The quantitative estimate of drug-likeness (QED) is 0.775. The Morgan fingerprint density at radius 3 is 2.82 bits per heavy atom. The number of furan rings is 1. The molecule has 1 aromatic carbocycles. The first kappa shape index (κ1) is 13.5. The highest BCUT2D eigenvalue weighted by atomic mass is 16.4. The molecule has 1 aliphatic carbocycles. The van der Waals surface area contributed by atoms with Crippen molar-refractivity contribution in [3.63, 3.8) is 0 Å². The summed E-state index contributed by atoms with van der Waals surface area (Å²) < 4.78 is 11.6. The zero-order valence-electron chi connectivity index (χ0n) is 12.8. The number of fused-ring (bicyclic) bond motifs is 1. The van der Waals surface area contributed by atoms with E-state index in [1.807, 2.05) is 18.2 Å². The topological polar surface area (TPSA) is 64.1 Å². The second-order valence-electron chi connectivity index (χ2n) is 6.00. The van der Waals surface area contributed by atoms with Crippen LogP contribution in [0.4, 0.5) is 0 Å². The van der Waals surface area contributed by atoms with E-state index in [4.69, 9.17) is 8.83 Å². The number of benzene rings is 1. The van der Waals surface area contributed by atoms with E-state index in [1.165, 1.54) is 23.8 Å². The third-order valence-electron chi connectivity index (χ3n) is 4.24. The van der Waals surface area contributed by atoms with Crippen molar-refractivity contribution in [2.24, 2.45) is 0 Å². The van der Waals surface area contributed by atoms with E-state index in [0.717, 1.165) is 17.2 Å². The predicted octanol–water partition coefficient (Wildman–Crippen LogP) is 3.85. The van der Waals surface area contributed by atoms with Crippen LogP contribution in [0.2, 0.25) is 0 Å². The van der Waals surface area contributed by atoms with Gasteiger partial charge in [-0.25, -0.2) is 0 Å². The molecule has 22 heavy (non-hydrogen) atoms. The van der Waals surface area contributed by atoms with Gasteiger partial charge in [-0.05, 0) is 38.3 Å². The summed E-state index contributed by atoms with van der Waals surface area (Å²) in [6.07, 6.45) is 2.34. The lowest BCUT2D eigenvalue weighted by Crippen LogP contribution is -2.18. The van der Waals surface area contributed by atoms with Gasteiger partial charge in [0.25, 0.3) is 0 Å². The molecule has 1 N–H and O–H groups in total. The Labute approximate surface area is 128 Å². The van der Waals surface area contributed by atoms with Crippen LogP contribution in [0.5, 0.6) is 0 Å². The van der Waals surface area contributed by atoms with Crippen LogP contribution in [0.1, 0.15) is 54.8 Å². The molecule has 0 amide bonds. The van der Waals surface area contributed by atoms with E-state index in [0.29, 0.717) is 18.4 Å². The Kier molecular flexibility index (Phi) is 3.22. The molecule has 0 spiro atoms. The highest BCUT2D eigenvalue weighted by Crippen LogP contribution is 2.39. The first-order valence-electron chi connectivity index (χ1n) is 7.76. The highest BCUT2D eigenvalue weighted by Gasteiger charge is 2.29. The molecule has 5 nitrogen and oxygen atoms in total. The van der Waals surface area contributed by atoms with Gasteiger partial charge in [0.1, 0.15) is 11.3 Å². The summed E-state index contributed by atoms with van der Waals surface area (Å²) in [5, 5.41) is 12.8. The van der Waals surface area contributed by atoms with Crippen LogP contribution in [0.15, 0.2) is 33.1 Å². The Hall–Kier alpha value is -2.14. The van der Waals surface area contributed by atoms with Gasteiger partial charge < -0.3 is 8.83 Å². The molecular formula is C17H19N3O2. The van der Waals surface area contributed by atoms with E-state index in [-0.39, 0.29) is 6.04 Å². The van der Waals surface area contributed by atoms with Gasteiger partial charge in [0.15, 0.2) is 0 Å². The molecule has 0 saturated heterocycles. The number of aryl methyl sites for hydroxylation is 1. The minimum atomic E-state index is 0.0867. The zero-order chi connectivity index (χ0) is 15.1. The van der Waals surface area contributed by atoms with Crippen LogP contribution in [-0.4, -0.2) is 10.2 Å². The van der Waals surface area contributed by atoms with E-state index in [1.54, 1.807) is 0 Å². The van der Waals surface area contributed by atoms with Crippen LogP contribution in [0.25, 0.3) is 11.0 Å². The molecule has 2 heterocycles. The van der Waals surface area contributed by atoms with Gasteiger partial charge in [-0.15, -0.1) is 10.2 Å². The SMILES string of the molecule is Cc1c([C@@H](C)NCc2nnc(C3CC3)o2)oc2ccccc12. The lowest BCUT2D eigenvalue weighted by molar-refractivity contribution is 0.396. The van der Waals surface area contributed by atoms with Crippen molar-refractivity contribution >= 4 is 11.0 Å². The highest BCUT2D eigenvalue weighted by molar-refractivity contribution is 5.82. The van der Waals surface area contributed by atoms with Crippen molar-refractivity contribution in [3.8, 4) is 0 Å². The standard InChI is InChI=1S/C17H19N3O2/c1-10-13-5-3-4-6-14(13)21-16(10)11(2)18-9-15-19-20-17(22-15)12-7-8-12/h3-6,11-12,18H,7-9H2,1-2H3/t11-/m1/s1. The van der Waals surface area contributed by atoms with Crippen molar-refractivity contribution < 1.29 is 8.83 Å². The minimum absolute atomic E-state index is 0.0867. The van der Waals surface area contributed by atoms with Gasteiger partial charge in [-0.3, -0.25) is 5.32 Å². The van der Waals surface area contributed by atoms with Crippen molar-refractivity contribution in [2.45, 2.75) is 45.2 Å². The monoisotopic (exact) mass is 297 g/mol. The lowest BCUT2D eigenvalue weighted by atomic mass is 10.1. The molecule has 5 heteroatoms. The number of nitrogens with one attached hydrogen (secondary N) is 1. The fourth-order valence-corrected chi connectivity index (χ4v) is 2.77. The normalized spacial score (nSPS) is 16.3. The molecule has 0 bridgehead atoms. The molecule has 114 valence electrons. The van der Waals surface area contributed by atoms with Gasteiger partial charge in [-0.1, -0.05) is 18.2 Å². The summed E-state index contributed by atoms with van der Waals surface area (Å²) in [7, 11) is 0. The molecule has 1 atom stereocenters. The molecular weight excluding hydrogens is 278 g/mol. The van der Waals surface area contributed by atoms with Crippen molar-refractivity contribution in [1.82, 2.24) is 15.5 Å². The van der Waals surface area contributed by atoms with Crippen LogP contribution in [0.3, 0.4) is 0 Å². The number of aromatic nitrogens is 2. The van der Waals surface area contributed by atoms with Gasteiger partial charge in [-0.2, -0.15) is 0 Å². The Morgan fingerprint density at radius 1 is 1.23 bits per heavy atom. The first-order valence-corrected chi connectivity index (χ1v) is 7.76. The van der Waals surface area contributed by atoms with Crippen molar-refractivity contribution in [1.29, 1.82) is 0 Å². The maximum Gasteiger partial charge on any atom is 0.230 e. The molecule has 0 aliphatic heterocycles. The maximum absolute atomic E-state index is 5.97. The average molecular weight is 297 g/mol. The molecule has 0 unspecified atom stereocenters. The smallest absolute Gasteiger partial charge is 0.230 e. The molecule has 1 saturated carbocycles. The average Bonchev–Trinajstić information content (AvgIpc) is 3.19. The van der Waals surface area contributed by atoms with Gasteiger partial charge in [0.05, 0.1) is 12.6 Å². The Balaban J connectivity index is 1.48. The molecule has 4 rings (SSSR count). The number of para-hydroxylation sites is 1. The second-order valence-corrected chi connectivity index (χ2v) is 6.00. The number of nitrogens with zero attached hydrogens (tertiary/aromatic N) is 2. The molecule has 0 radical (unpaired) electrons. The van der Waals surface area contributed by atoms with Gasteiger partial charge in [0, 0.05) is 11.3 Å². The Morgan fingerprint density at radius 2 is 2.05 bits per heavy atom. The maximum atomic E-state index is 5.97. The van der Waals surface area contributed by atoms with Crippen LogP contribution in [0, 0.1) is 6.92 Å². The summed E-state index contributed by atoms with van der Waals surface area (Å²) in [4.78, 5) is 0. The first-order chi connectivity index (χ1) is 10.7. The van der Waals surface area contributed by atoms with Gasteiger partial charge >= 0.3 is 0 Å². The largest absolute Gasteiger partial charge is 0.459 e.